The summed E-state index contributed by atoms with van der Waals surface area (Å²) in [6.07, 6.45) is 0.593. The van der Waals surface area contributed by atoms with Crippen molar-refractivity contribution in [2.24, 2.45) is 0 Å². The van der Waals surface area contributed by atoms with Gasteiger partial charge < -0.3 is 4.42 Å². The molecule has 0 saturated heterocycles. The van der Waals surface area contributed by atoms with E-state index in [1.165, 1.54) is 11.8 Å². The molecule has 0 radical (unpaired) electrons. The lowest BCUT2D eigenvalue weighted by Gasteiger charge is -2.06. The Balaban J connectivity index is 0.00000208. The van der Waals surface area contributed by atoms with Crippen molar-refractivity contribution in [1.82, 2.24) is 10.2 Å². The van der Waals surface area contributed by atoms with Crippen molar-refractivity contribution in [3.05, 3.63) is 77.7 Å². The zero-order chi connectivity index (χ0) is 16.1. The number of rotatable bonds is 6. The molecule has 1 aromatic heterocycles. The fourth-order valence-corrected chi connectivity index (χ4v) is 2.95. The van der Waals surface area contributed by atoms with Crippen LogP contribution in [0.25, 0.3) is 0 Å². The number of aromatic nitrogens is 2. The Labute approximate surface area is 155 Å². The van der Waals surface area contributed by atoms with Gasteiger partial charge in [-0.1, -0.05) is 72.4 Å². The van der Waals surface area contributed by atoms with E-state index in [9.17, 15) is 4.79 Å². The van der Waals surface area contributed by atoms with Crippen molar-refractivity contribution in [2.45, 2.75) is 23.8 Å². The molecular weight excluding hydrogens is 388 g/mol. The Kier molecular flexibility index (Phi) is 6.75. The van der Waals surface area contributed by atoms with Gasteiger partial charge in [-0.25, -0.2) is 0 Å². The van der Waals surface area contributed by atoms with Crippen LogP contribution < -0.4 is 0 Å². The largest absolute Gasteiger partial charge is 0.416 e. The van der Waals surface area contributed by atoms with E-state index in [-0.39, 0.29) is 28.0 Å². The number of nitrogens with zero attached hydrogens (tertiary/aromatic N) is 2. The van der Waals surface area contributed by atoms with Crippen molar-refractivity contribution >= 4 is 34.5 Å². The molecule has 0 aliphatic rings. The topological polar surface area (TPSA) is 56.0 Å². The molecule has 1 atom stereocenters. The molecule has 0 aliphatic carbocycles. The van der Waals surface area contributed by atoms with Crippen molar-refractivity contribution in [3.8, 4) is 0 Å². The maximum Gasteiger partial charge on any atom is 0.277 e. The highest BCUT2D eigenvalue weighted by atomic mass is 79.9. The van der Waals surface area contributed by atoms with Crippen LogP contribution in [0.3, 0.4) is 0 Å². The smallest absolute Gasteiger partial charge is 0.277 e. The molecule has 0 bridgehead atoms. The molecule has 6 heteroatoms. The molecule has 3 aromatic rings. The Morgan fingerprint density at radius 1 is 1.04 bits per heavy atom. The predicted octanol–water partition coefficient (Wildman–Crippen LogP) is 4.60. The fourth-order valence-electron chi connectivity index (χ4n) is 2.17. The molecule has 4 nitrogen and oxygen atoms in total. The van der Waals surface area contributed by atoms with Gasteiger partial charge in [-0.05, 0) is 12.5 Å². The fraction of sp³-hybridized carbons (Fsp3) is 0.167. The Hall–Kier alpha value is -1.92. The summed E-state index contributed by atoms with van der Waals surface area (Å²) in [5.74, 6) is 0.608. The summed E-state index contributed by atoms with van der Waals surface area (Å²) in [6.45, 7) is 1.85. The number of thioether (sulfide) groups is 1. The van der Waals surface area contributed by atoms with Crippen molar-refractivity contribution < 1.29 is 9.21 Å². The van der Waals surface area contributed by atoms with E-state index in [1.807, 2.05) is 67.6 Å². The van der Waals surface area contributed by atoms with E-state index < -0.39 is 0 Å². The predicted molar refractivity (Wildman–Crippen MR) is 100.0 cm³/mol. The van der Waals surface area contributed by atoms with Gasteiger partial charge >= 0.3 is 0 Å². The summed E-state index contributed by atoms with van der Waals surface area (Å²) < 4.78 is 5.63. The van der Waals surface area contributed by atoms with E-state index in [0.717, 1.165) is 5.56 Å². The van der Waals surface area contributed by atoms with E-state index in [1.54, 1.807) is 0 Å². The number of benzene rings is 2. The molecule has 1 unspecified atom stereocenters. The molecular formula is C18H17BrN2O2S. The SMILES string of the molecule is Br.CC(Sc1nnc(Cc2ccccc2)o1)C(=O)c1ccccc1. The highest BCUT2D eigenvalue weighted by molar-refractivity contribution is 8.93. The zero-order valence-electron chi connectivity index (χ0n) is 13.1. The van der Waals surface area contributed by atoms with Crippen LogP contribution in [0.2, 0.25) is 0 Å². The van der Waals surface area contributed by atoms with Gasteiger partial charge in [-0.15, -0.1) is 27.2 Å². The summed E-state index contributed by atoms with van der Waals surface area (Å²) >= 11 is 1.29. The second-order valence-corrected chi connectivity index (χ2v) is 6.41. The monoisotopic (exact) mass is 404 g/mol. The second kappa shape index (κ2) is 8.80. The number of carbonyl (C=O) groups excluding carboxylic acids is 1. The Morgan fingerprint density at radius 2 is 1.67 bits per heavy atom. The van der Waals surface area contributed by atoms with Crippen LogP contribution in [0.15, 0.2) is 70.3 Å². The molecule has 1 heterocycles. The van der Waals surface area contributed by atoms with Crippen LogP contribution in [0.5, 0.6) is 0 Å². The van der Waals surface area contributed by atoms with Gasteiger partial charge in [0.15, 0.2) is 5.78 Å². The number of ketones is 1. The second-order valence-electron chi connectivity index (χ2n) is 5.11. The molecule has 0 fully saturated rings. The summed E-state index contributed by atoms with van der Waals surface area (Å²) in [5, 5.41) is 8.22. The molecule has 3 rings (SSSR count). The summed E-state index contributed by atoms with van der Waals surface area (Å²) in [7, 11) is 0. The zero-order valence-corrected chi connectivity index (χ0v) is 15.6. The minimum absolute atomic E-state index is 0. The van der Waals surface area contributed by atoms with E-state index >= 15 is 0 Å². The third-order valence-corrected chi connectivity index (χ3v) is 4.29. The van der Waals surface area contributed by atoms with E-state index in [4.69, 9.17) is 4.42 Å². The molecule has 0 N–H and O–H groups in total. The lowest BCUT2D eigenvalue weighted by atomic mass is 10.1. The minimum atomic E-state index is -0.276. The molecule has 0 spiro atoms. The van der Waals surface area contributed by atoms with Crippen molar-refractivity contribution in [2.75, 3.05) is 0 Å². The first-order valence-corrected chi connectivity index (χ1v) is 8.22. The minimum Gasteiger partial charge on any atom is -0.416 e. The van der Waals surface area contributed by atoms with Crippen molar-refractivity contribution in [3.63, 3.8) is 0 Å². The summed E-state index contributed by atoms with van der Waals surface area (Å²) in [6, 6.07) is 19.2. The summed E-state index contributed by atoms with van der Waals surface area (Å²) in [4.78, 5) is 12.3. The normalized spacial score (nSPS) is 11.5. The Morgan fingerprint density at radius 3 is 2.33 bits per heavy atom. The molecule has 0 aliphatic heterocycles. The van der Waals surface area contributed by atoms with E-state index in [2.05, 4.69) is 10.2 Å². The number of hydrogen-bond donors (Lipinski definition) is 0. The maximum atomic E-state index is 12.3. The van der Waals surface area contributed by atoms with Crippen molar-refractivity contribution in [1.29, 1.82) is 0 Å². The lowest BCUT2D eigenvalue weighted by molar-refractivity contribution is 0.0993. The van der Waals surface area contributed by atoms with Gasteiger partial charge in [0.2, 0.25) is 5.89 Å². The first-order valence-electron chi connectivity index (χ1n) is 7.34. The van der Waals surface area contributed by atoms with Crippen LogP contribution >= 0.6 is 28.7 Å². The maximum absolute atomic E-state index is 12.3. The van der Waals surface area contributed by atoms with E-state index in [0.29, 0.717) is 23.1 Å². The molecule has 24 heavy (non-hydrogen) atoms. The van der Waals surface area contributed by atoms with Gasteiger partial charge in [0.1, 0.15) is 0 Å². The Bertz CT molecular complexity index is 778. The number of carbonyl (C=O) groups is 1. The van der Waals surface area contributed by atoms with Gasteiger partial charge in [0, 0.05) is 5.56 Å². The van der Waals surface area contributed by atoms with Gasteiger partial charge in [0.05, 0.1) is 11.7 Å². The number of hydrogen-bond acceptors (Lipinski definition) is 5. The van der Waals surface area contributed by atoms with Crippen LogP contribution in [-0.2, 0) is 6.42 Å². The average Bonchev–Trinajstić information content (AvgIpc) is 3.02. The van der Waals surface area contributed by atoms with Gasteiger partial charge in [-0.3, -0.25) is 4.79 Å². The van der Waals surface area contributed by atoms with Gasteiger partial charge in [-0.2, -0.15) is 0 Å². The highest BCUT2D eigenvalue weighted by Crippen LogP contribution is 2.25. The quantitative estimate of drug-likeness (QED) is 0.443. The molecule has 124 valence electrons. The summed E-state index contributed by atoms with van der Waals surface area (Å²) in [5.41, 5.74) is 1.80. The first kappa shape index (κ1) is 18.4. The number of halogens is 1. The molecule has 0 amide bonds. The number of Topliss-reactive ketones (excluding diaryl/α,β-unsaturated/α-hetero) is 1. The molecule has 0 saturated carbocycles. The highest BCUT2D eigenvalue weighted by Gasteiger charge is 2.19. The van der Waals surface area contributed by atoms with Gasteiger partial charge in [0.25, 0.3) is 5.22 Å². The third kappa shape index (κ3) is 4.79. The average molecular weight is 405 g/mol. The standard InChI is InChI=1S/C18H16N2O2S.BrH/c1-13(17(21)15-10-6-3-7-11-15)23-18-20-19-16(22-18)12-14-8-4-2-5-9-14;/h2-11,13H,12H2,1H3;1H. The van der Waals surface area contributed by atoms with Crippen LogP contribution in [0.4, 0.5) is 0 Å². The first-order chi connectivity index (χ1) is 11.2. The third-order valence-electron chi connectivity index (χ3n) is 3.35. The molecule has 2 aromatic carbocycles. The van der Waals surface area contributed by atoms with Crippen LogP contribution in [0, 0.1) is 0 Å². The van der Waals surface area contributed by atoms with Crippen LogP contribution in [-0.4, -0.2) is 21.2 Å². The lowest BCUT2D eigenvalue weighted by Crippen LogP contribution is -2.13. The van der Waals surface area contributed by atoms with Crippen LogP contribution in [0.1, 0.15) is 28.7 Å².